The molecule has 0 saturated heterocycles. The molecule has 0 aromatic heterocycles. The summed E-state index contributed by atoms with van der Waals surface area (Å²) in [6.07, 6.45) is -1.44. The van der Waals surface area contributed by atoms with Gasteiger partial charge in [-0.3, -0.25) is 4.79 Å². The van der Waals surface area contributed by atoms with Crippen LogP contribution in [0, 0.1) is 5.92 Å². The highest BCUT2D eigenvalue weighted by Crippen LogP contribution is 2.34. The molecule has 0 N–H and O–H groups in total. The van der Waals surface area contributed by atoms with E-state index < -0.39 is 24.2 Å². The van der Waals surface area contributed by atoms with Gasteiger partial charge in [-0.15, -0.1) is 0 Å². The van der Waals surface area contributed by atoms with Gasteiger partial charge in [-0.2, -0.15) is 0 Å². The Morgan fingerprint density at radius 1 is 1.54 bits per heavy atom. The van der Waals surface area contributed by atoms with Gasteiger partial charge < -0.3 is 4.74 Å². The van der Waals surface area contributed by atoms with Crippen LogP contribution in [-0.4, -0.2) is 24.9 Å². The Bertz CT molecular complexity index is 184. The molecule has 3 unspecified atom stereocenters. The van der Waals surface area contributed by atoms with Crippen LogP contribution in [0.4, 0.5) is 8.78 Å². The molecule has 0 amide bonds. The number of carbonyl (C=O) groups is 1. The molecule has 1 saturated carbocycles. The molecule has 1 rings (SSSR count). The maximum atomic E-state index is 12.7. The number of esters is 1. The molecule has 0 bridgehead atoms. The lowest BCUT2D eigenvalue weighted by molar-refractivity contribution is -0.160. The van der Waals surface area contributed by atoms with E-state index in [1.165, 1.54) is 0 Å². The predicted molar refractivity (Wildman–Crippen MR) is 43.8 cm³/mol. The summed E-state index contributed by atoms with van der Waals surface area (Å²) < 4.78 is 29.7. The highest BCUT2D eigenvalue weighted by Gasteiger charge is 2.47. The predicted octanol–water partition coefficient (Wildman–Crippen LogP) is 2.03. The highest BCUT2D eigenvalue weighted by molar-refractivity contribution is 5.74. The van der Waals surface area contributed by atoms with Crippen molar-refractivity contribution in [3.8, 4) is 0 Å². The van der Waals surface area contributed by atoms with Gasteiger partial charge in [0, 0.05) is 0 Å². The number of alkyl halides is 2. The second-order valence-corrected chi connectivity index (χ2v) is 3.32. The second kappa shape index (κ2) is 4.53. The molecular formula is C9H14F2O2. The van der Waals surface area contributed by atoms with Crippen molar-refractivity contribution in [1.82, 2.24) is 0 Å². The molecule has 0 radical (unpaired) electrons. The van der Waals surface area contributed by atoms with E-state index in [0.29, 0.717) is 6.61 Å². The van der Waals surface area contributed by atoms with Crippen molar-refractivity contribution in [2.24, 2.45) is 5.92 Å². The lowest BCUT2D eigenvalue weighted by Crippen LogP contribution is -2.45. The van der Waals surface area contributed by atoms with Gasteiger partial charge in [-0.25, -0.2) is 8.78 Å². The summed E-state index contributed by atoms with van der Waals surface area (Å²) in [4.78, 5) is 11.0. The third-order valence-electron chi connectivity index (χ3n) is 2.25. The van der Waals surface area contributed by atoms with Gasteiger partial charge in [-0.1, -0.05) is 13.3 Å². The van der Waals surface area contributed by atoms with Gasteiger partial charge in [0.2, 0.25) is 0 Å². The van der Waals surface area contributed by atoms with Gasteiger partial charge in [0.1, 0.15) is 12.3 Å². The van der Waals surface area contributed by atoms with Crippen LogP contribution in [-0.2, 0) is 9.53 Å². The minimum absolute atomic E-state index is 0.0217. The largest absolute Gasteiger partial charge is 0.465 e. The molecule has 76 valence electrons. The van der Waals surface area contributed by atoms with E-state index in [0.717, 1.165) is 12.8 Å². The number of unbranched alkanes of at least 4 members (excludes halogenated alkanes) is 1. The Morgan fingerprint density at radius 2 is 2.23 bits per heavy atom. The van der Waals surface area contributed by atoms with E-state index >= 15 is 0 Å². The zero-order chi connectivity index (χ0) is 9.84. The van der Waals surface area contributed by atoms with Crippen molar-refractivity contribution in [1.29, 1.82) is 0 Å². The first-order valence-electron chi connectivity index (χ1n) is 4.61. The molecule has 0 aromatic carbocycles. The fourth-order valence-electron chi connectivity index (χ4n) is 1.21. The minimum Gasteiger partial charge on any atom is -0.465 e. The van der Waals surface area contributed by atoms with Crippen LogP contribution >= 0.6 is 0 Å². The summed E-state index contributed by atoms with van der Waals surface area (Å²) in [7, 11) is 0. The van der Waals surface area contributed by atoms with Crippen LogP contribution in [0.2, 0.25) is 0 Å². The van der Waals surface area contributed by atoms with E-state index in [2.05, 4.69) is 0 Å². The van der Waals surface area contributed by atoms with Crippen molar-refractivity contribution in [2.75, 3.05) is 6.61 Å². The molecule has 2 nitrogen and oxygen atoms in total. The first kappa shape index (κ1) is 10.4. The summed E-state index contributed by atoms with van der Waals surface area (Å²) >= 11 is 0. The SMILES string of the molecule is CCCCOC(=O)C1CC(F)C1F. The fraction of sp³-hybridized carbons (Fsp3) is 0.889. The Balaban J connectivity index is 2.17. The minimum atomic E-state index is -1.64. The van der Waals surface area contributed by atoms with Gasteiger partial charge >= 0.3 is 5.97 Å². The maximum Gasteiger partial charge on any atom is 0.312 e. The van der Waals surface area contributed by atoms with Crippen molar-refractivity contribution in [2.45, 2.75) is 38.5 Å². The third-order valence-corrected chi connectivity index (χ3v) is 2.25. The normalized spacial score (nSPS) is 32.4. The average Bonchev–Trinajstić information content (AvgIpc) is 2.13. The Morgan fingerprint density at radius 3 is 2.69 bits per heavy atom. The second-order valence-electron chi connectivity index (χ2n) is 3.32. The highest BCUT2D eigenvalue weighted by atomic mass is 19.2. The van der Waals surface area contributed by atoms with Crippen LogP contribution in [0.15, 0.2) is 0 Å². The van der Waals surface area contributed by atoms with Crippen molar-refractivity contribution in [3.05, 3.63) is 0 Å². The van der Waals surface area contributed by atoms with Gasteiger partial charge in [0.05, 0.1) is 12.5 Å². The zero-order valence-corrected chi connectivity index (χ0v) is 7.63. The Kier molecular flexibility index (Phi) is 3.63. The van der Waals surface area contributed by atoms with Crippen LogP contribution in [0.1, 0.15) is 26.2 Å². The average molecular weight is 192 g/mol. The summed E-state index contributed by atoms with van der Waals surface area (Å²) in [5.41, 5.74) is 0. The number of hydrogen-bond acceptors (Lipinski definition) is 2. The van der Waals surface area contributed by atoms with E-state index in [4.69, 9.17) is 4.74 Å². The van der Waals surface area contributed by atoms with Crippen molar-refractivity contribution >= 4 is 5.97 Å². The molecule has 3 atom stereocenters. The number of halogens is 2. The standard InChI is InChI=1S/C9H14F2O2/c1-2-3-4-13-9(12)6-5-7(10)8(6)11/h6-8H,2-5H2,1H3. The van der Waals surface area contributed by atoms with E-state index in [1.807, 2.05) is 6.92 Å². The lowest BCUT2D eigenvalue weighted by Gasteiger charge is -2.31. The molecule has 1 aliphatic carbocycles. The topological polar surface area (TPSA) is 26.3 Å². The van der Waals surface area contributed by atoms with Gasteiger partial charge in [0.15, 0.2) is 0 Å². The Labute approximate surface area is 76.3 Å². The monoisotopic (exact) mass is 192 g/mol. The molecule has 1 aliphatic rings. The molecular weight excluding hydrogens is 178 g/mol. The smallest absolute Gasteiger partial charge is 0.312 e. The number of rotatable bonds is 4. The molecule has 0 spiro atoms. The molecule has 0 aliphatic heterocycles. The van der Waals surface area contributed by atoms with E-state index in [1.54, 1.807) is 0 Å². The summed E-state index contributed by atoms with van der Waals surface area (Å²) in [6.45, 7) is 2.28. The Hall–Kier alpha value is -0.670. The van der Waals surface area contributed by atoms with E-state index in [-0.39, 0.29) is 6.42 Å². The molecule has 0 heterocycles. The van der Waals surface area contributed by atoms with E-state index in [9.17, 15) is 13.6 Å². The van der Waals surface area contributed by atoms with Crippen LogP contribution in [0.25, 0.3) is 0 Å². The molecule has 1 fully saturated rings. The van der Waals surface area contributed by atoms with Gasteiger partial charge in [0.25, 0.3) is 0 Å². The summed E-state index contributed by atoms with van der Waals surface area (Å²) in [5, 5.41) is 0. The molecule has 0 aromatic rings. The van der Waals surface area contributed by atoms with Crippen molar-refractivity contribution < 1.29 is 18.3 Å². The number of carbonyl (C=O) groups excluding carboxylic acids is 1. The summed E-state index contributed by atoms with van der Waals surface area (Å²) in [6, 6.07) is 0. The number of hydrogen-bond donors (Lipinski definition) is 0. The molecule has 13 heavy (non-hydrogen) atoms. The van der Waals surface area contributed by atoms with Gasteiger partial charge in [-0.05, 0) is 12.8 Å². The fourth-order valence-corrected chi connectivity index (χ4v) is 1.21. The van der Waals surface area contributed by atoms with Crippen LogP contribution in [0.3, 0.4) is 0 Å². The molecule has 4 heteroatoms. The maximum absolute atomic E-state index is 12.7. The first-order valence-corrected chi connectivity index (χ1v) is 4.61. The lowest BCUT2D eigenvalue weighted by atomic mass is 9.81. The quantitative estimate of drug-likeness (QED) is 0.503. The first-order chi connectivity index (χ1) is 6.16. The zero-order valence-electron chi connectivity index (χ0n) is 7.63. The third kappa shape index (κ3) is 2.39. The number of ether oxygens (including phenoxy) is 1. The summed E-state index contributed by atoms with van der Waals surface area (Å²) in [5.74, 6) is -1.44. The van der Waals surface area contributed by atoms with Crippen LogP contribution < -0.4 is 0 Å². The van der Waals surface area contributed by atoms with Crippen molar-refractivity contribution in [3.63, 3.8) is 0 Å². The van der Waals surface area contributed by atoms with Crippen LogP contribution in [0.5, 0.6) is 0 Å².